The summed E-state index contributed by atoms with van der Waals surface area (Å²) < 4.78 is 0. The average Bonchev–Trinajstić information content (AvgIpc) is 2.29. The fourth-order valence-electron chi connectivity index (χ4n) is 1.26. The Bertz CT molecular complexity index is 308. The second kappa shape index (κ2) is 6.62. The third kappa shape index (κ3) is 4.04. The molecule has 0 aliphatic heterocycles. The van der Waals surface area contributed by atoms with Crippen LogP contribution in [0.3, 0.4) is 0 Å². The van der Waals surface area contributed by atoms with Crippen molar-refractivity contribution in [3.8, 4) is 0 Å². The Hall–Kier alpha value is -0.830. The van der Waals surface area contributed by atoms with Gasteiger partial charge in [0, 0.05) is 17.4 Å². The van der Waals surface area contributed by atoms with E-state index in [0.717, 1.165) is 30.3 Å². The normalized spacial score (nSPS) is 10.0. The summed E-state index contributed by atoms with van der Waals surface area (Å²) in [5, 5.41) is 3.79. The lowest BCUT2D eigenvalue weighted by molar-refractivity contribution is 0.0954. The van der Waals surface area contributed by atoms with Crippen molar-refractivity contribution in [3.63, 3.8) is 0 Å². The van der Waals surface area contributed by atoms with E-state index in [-0.39, 0.29) is 5.91 Å². The number of alkyl halides is 1. The van der Waals surface area contributed by atoms with Gasteiger partial charge < -0.3 is 5.32 Å². The van der Waals surface area contributed by atoms with Gasteiger partial charge in [-0.3, -0.25) is 4.79 Å². The maximum absolute atomic E-state index is 11.6. The van der Waals surface area contributed by atoms with E-state index in [9.17, 15) is 4.79 Å². The first kappa shape index (κ1) is 12.2. The molecule has 0 aliphatic carbocycles. The van der Waals surface area contributed by atoms with Crippen molar-refractivity contribution in [2.24, 2.45) is 0 Å². The first-order chi connectivity index (χ1) is 7.27. The van der Waals surface area contributed by atoms with Crippen LogP contribution in [0.25, 0.3) is 0 Å². The predicted molar refractivity (Wildman–Crippen MR) is 66.6 cm³/mol. The van der Waals surface area contributed by atoms with Gasteiger partial charge in [0.05, 0.1) is 0 Å². The van der Waals surface area contributed by atoms with E-state index in [1.807, 2.05) is 24.3 Å². The van der Waals surface area contributed by atoms with Crippen LogP contribution < -0.4 is 5.32 Å². The molecule has 0 fully saturated rings. The highest BCUT2D eigenvalue weighted by atomic mass is 79.9. The summed E-state index contributed by atoms with van der Waals surface area (Å²) in [6, 6.07) is 7.75. The average molecular weight is 270 g/mol. The number of hydrogen-bond acceptors (Lipinski definition) is 1. The summed E-state index contributed by atoms with van der Waals surface area (Å²) >= 11 is 3.32. The number of carbonyl (C=O) groups is 1. The fraction of sp³-hybridized carbons (Fsp3) is 0.417. The molecule has 1 aromatic carbocycles. The van der Waals surface area contributed by atoms with Gasteiger partial charge in [0.1, 0.15) is 0 Å². The quantitative estimate of drug-likeness (QED) is 0.647. The molecule has 1 rings (SSSR count). The van der Waals surface area contributed by atoms with Gasteiger partial charge in [-0.15, -0.1) is 0 Å². The fourth-order valence-corrected chi connectivity index (χ4v) is 1.54. The summed E-state index contributed by atoms with van der Waals surface area (Å²) in [6.45, 7) is 2.82. The Kier molecular flexibility index (Phi) is 5.40. The van der Waals surface area contributed by atoms with Gasteiger partial charge in [0.15, 0.2) is 0 Å². The van der Waals surface area contributed by atoms with Crippen LogP contribution in [0.5, 0.6) is 0 Å². The zero-order chi connectivity index (χ0) is 11.1. The molecule has 0 atom stereocenters. The third-order valence-corrected chi connectivity index (χ3v) is 2.78. The van der Waals surface area contributed by atoms with Crippen LogP contribution in [0.15, 0.2) is 24.3 Å². The summed E-state index contributed by atoms with van der Waals surface area (Å²) in [5.74, 6) is 0.0126. The van der Waals surface area contributed by atoms with E-state index >= 15 is 0 Å². The van der Waals surface area contributed by atoms with E-state index in [1.165, 1.54) is 5.56 Å². The van der Waals surface area contributed by atoms with Crippen LogP contribution in [0.4, 0.5) is 0 Å². The standard InChI is InChI=1S/C12H16BrNO/c1-2-10-4-6-11(7-5-10)12(15)14-9-3-8-13/h4-7H,2-3,8-9H2,1H3,(H,14,15). The van der Waals surface area contributed by atoms with Crippen molar-refractivity contribution >= 4 is 21.8 Å². The molecule has 0 heterocycles. The zero-order valence-corrected chi connectivity index (χ0v) is 10.5. The van der Waals surface area contributed by atoms with E-state index in [1.54, 1.807) is 0 Å². The highest BCUT2D eigenvalue weighted by molar-refractivity contribution is 9.09. The first-order valence-corrected chi connectivity index (χ1v) is 6.33. The summed E-state index contributed by atoms with van der Waals surface area (Å²) in [7, 11) is 0. The molecule has 0 unspecified atom stereocenters. The second-order valence-corrected chi connectivity index (χ2v) is 4.14. The number of halogens is 1. The first-order valence-electron chi connectivity index (χ1n) is 5.21. The minimum atomic E-state index is 0.0126. The minimum Gasteiger partial charge on any atom is -0.352 e. The molecule has 0 aliphatic rings. The Balaban J connectivity index is 2.50. The summed E-state index contributed by atoms with van der Waals surface area (Å²) in [4.78, 5) is 11.6. The molecule has 82 valence electrons. The van der Waals surface area contributed by atoms with Crippen LogP contribution in [-0.2, 0) is 6.42 Å². The molecule has 2 nitrogen and oxygen atoms in total. The van der Waals surface area contributed by atoms with Crippen LogP contribution in [0, 0.1) is 0 Å². The number of amides is 1. The Morgan fingerprint density at radius 2 is 2.00 bits per heavy atom. The van der Waals surface area contributed by atoms with Crippen LogP contribution in [-0.4, -0.2) is 17.8 Å². The van der Waals surface area contributed by atoms with Gasteiger partial charge >= 0.3 is 0 Å². The Labute approximate surface area is 99.2 Å². The molecule has 0 bridgehead atoms. The molecule has 3 heteroatoms. The zero-order valence-electron chi connectivity index (χ0n) is 8.92. The smallest absolute Gasteiger partial charge is 0.251 e. The lowest BCUT2D eigenvalue weighted by atomic mass is 10.1. The molecule has 0 saturated carbocycles. The van der Waals surface area contributed by atoms with Crippen molar-refractivity contribution in [3.05, 3.63) is 35.4 Å². The SMILES string of the molecule is CCc1ccc(C(=O)NCCCBr)cc1. The molecular weight excluding hydrogens is 254 g/mol. The van der Waals surface area contributed by atoms with Gasteiger partial charge in [-0.05, 0) is 30.5 Å². The number of nitrogens with one attached hydrogen (secondary N) is 1. The third-order valence-electron chi connectivity index (χ3n) is 2.22. The van der Waals surface area contributed by atoms with E-state index in [4.69, 9.17) is 0 Å². The lowest BCUT2D eigenvalue weighted by Crippen LogP contribution is -2.24. The number of hydrogen-bond donors (Lipinski definition) is 1. The Morgan fingerprint density at radius 1 is 1.33 bits per heavy atom. The van der Waals surface area contributed by atoms with Crippen molar-refractivity contribution in [2.75, 3.05) is 11.9 Å². The van der Waals surface area contributed by atoms with Gasteiger partial charge in [0.2, 0.25) is 0 Å². The molecule has 0 aromatic heterocycles. The van der Waals surface area contributed by atoms with E-state index in [2.05, 4.69) is 28.2 Å². The second-order valence-electron chi connectivity index (χ2n) is 3.35. The molecular formula is C12H16BrNO. The molecule has 1 amide bonds. The maximum Gasteiger partial charge on any atom is 0.251 e. The number of rotatable bonds is 5. The summed E-state index contributed by atoms with van der Waals surface area (Å²) in [6.07, 6.45) is 1.96. The van der Waals surface area contributed by atoms with E-state index in [0.29, 0.717) is 0 Å². The van der Waals surface area contributed by atoms with Crippen molar-refractivity contribution in [2.45, 2.75) is 19.8 Å². The van der Waals surface area contributed by atoms with Crippen molar-refractivity contribution in [1.82, 2.24) is 5.32 Å². The maximum atomic E-state index is 11.6. The monoisotopic (exact) mass is 269 g/mol. The molecule has 0 saturated heterocycles. The number of benzene rings is 1. The van der Waals surface area contributed by atoms with Gasteiger partial charge in [0.25, 0.3) is 5.91 Å². The van der Waals surface area contributed by atoms with Crippen molar-refractivity contribution < 1.29 is 4.79 Å². The van der Waals surface area contributed by atoms with Gasteiger partial charge in [-0.25, -0.2) is 0 Å². The molecule has 0 spiro atoms. The van der Waals surface area contributed by atoms with Crippen LogP contribution in [0.2, 0.25) is 0 Å². The van der Waals surface area contributed by atoms with E-state index < -0.39 is 0 Å². The molecule has 0 radical (unpaired) electrons. The largest absolute Gasteiger partial charge is 0.352 e. The lowest BCUT2D eigenvalue weighted by Gasteiger charge is -2.04. The van der Waals surface area contributed by atoms with Crippen LogP contribution >= 0.6 is 15.9 Å². The van der Waals surface area contributed by atoms with Gasteiger partial charge in [-0.2, -0.15) is 0 Å². The minimum absolute atomic E-state index is 0.0126. The number of aryl methyl sites for hydroxylation is 1. The molecule has 15 heavy (non-hydrogen) atoms. The molecule has 1 aromatic rings. The topological polar surface area (TPSA) is 29.1 Å². The molecule has 1 N–H and O–H groups in total. The summed E-state index contributed by atoms with van der Waals surface area (Å²) in [5.41, 5.74) is 1.99. The predicted octanol–water partition coefficient (Wildman–Crippen LogP) is 2.76. The van der Waals surface area contributed by atoms with Gasteiger partial charge in [-0.1, -0.05) is 35.0 Å². The Morgan fingerprint density at radius 3 is 2.53 bits per heavy atom. The van der Waals surface area contributed by atoms with Crippen molar-refractivity contribution in [1.29, 1.82) is 0 Å². The highest BCUT2D eigenvalue weighted by Gasteiger charge is 2.03. The number of carbonyl (C=O) groups excluding carboxylic acids is 1. The van der Waals surface area contributed by atoms with Crippen LogP contribution in [0.1, 0.15) is 29.3 Å². The highest BCUT2D eigenvalue weighted by Crippen LogP contribution is 2.04.